The van der Waals surface area contributed by atoms with E-state index in [2.05, 4.69) is 63.7 Å². The zero-order valence-electron chi connectivity index (χ0n) is 16.5. The third-order valence-electron chi connectivity index (χ3n) is 4.85. The molecule has 0 amide bonds. The summed E-state index contributed by atoms with van der Waals surface area (Å²) in [5.74, 6) is 0.776. The molecule has 0 bridgehead atoms. The summed E-state index contributed by atoms with van der Waals surface area (Å²) in [4.78, 5) is 0.766. The average Bonchev–Trinajstić information content (AvgIpc) is 2.71. The molecule has 0 aromatic heterocycles. The van der Waals surface area contributed by atoms with E-state index in [1.165, 1.54) is 3.57 Å². The van der Waals surface area contributed by atoms with E-state index < -0.39 is 11.0 Å². The number of fused-ring (bicyclic) bond motifs is 2. The first-order valence-electron chi connectivity index (χ1n) is 9.46. The van der Waals surface area contributed by atoms with E-state index in [0.29, 0.717) is 0 Å². The van der Waals surface area contributed by atoms with Crippen LogP contribution in [0.1, 0.15) is 13.8 Å². The first-order chi connectivity index (χ1) is 14.0. The smallest absolute Gasteiger partial charge is 0.127 e. The van der Waals surface area contributed by atoms with E-state index in [0.717, 1.165) is 43.3 Å². The highest BCUT2D eigenvalue weighted by Crippen LogP contribution is 2.43. The Balaban J connectivity index is 2.14. The quantitative estimate of drug-likeness (QED) is 0.317. The largest absolute Gasteiger partial charge is 0.496 e. The number of benzene rings is 4. The van der Waals surface area contributed by atoms with Crippen molar-refractivity contribution in [1.29, 1.82) is 0 Å². The Bertz CT molecular complexity index is 1240. The van der Waals surface area contributed by atoms with Gasteiger partial charge in [0.05, 0.1) is 12.0 Å². The molecule has 4 aromatic carbocycles. The van der Waals surface area contributed by atoms with Gasteiger partial charge in [0.25, 0.3) is 0 Å². The standard InChI is InChI=1S/C24H22INO2S/c1-15(2)26-29(27)22-13-9-16-6-4-5-7-19(16)24(22)23-20-11-10-18(25)14-17(20)8-12-21(23)28-3/h4-15,26H,1-3H3. The van der Waals surface area contributed by atoms with Crippen molar-refractivity contribution in [2.24, 2.45) is 0 Å². The lowest BCUT2D eigenvalue weighted by Gasteiger charge is -2.19. The predicted octanol–water partition coefficient (Wildman–Crippen LogP) is 6.29. The Labute approximate surface area is 187 Å². The van der Waals surface area contributed by atoms with E-state index in [4.69, 9.17) is 4.74 Å². The predicted molar refractivity (Wildman–Crippen MR) is 131 cm³/mol. The first-order valence-corrected chi connectivity index (χ1v) is 11.7. The lowest BCUT2D eigenvalue weighted by Crippen LogP contribution is -2.25. The van der Waals surface area contributed by atoms with Gasteiger partial charge in [-0.15, -0.1) is 0 Å². The molecule has 0 radical (unpaired) electrons. The second-order valence-corrected chi connectivity index (χ2v) is 9.67. The van der Waals surface area contributed by atoms with Gasteiger partial charge >= 0.3 is 0 Å². The number of ether oxygens (including phenoxy) is 1. The second kappa shape index (κ2) is 8.42. The van der Waals surface area contributed by atoms with Crippen LogP contribution in [-0.4, -0.2) is 17.4 Å². The molecule has 0 spiro atoms. The molecule has 0 heterocycles. The van der Waals surface area contributed by atoms with Crippen molar-refractivity contribution in [1.82, 2.24) is 4.72 Å². The molecule has 0 fully saturated rings. The number of hydrogen-bond acceptors (Lipinski definition) is 2. The summed E-state index contributed by atoms with van der Waals surface area (Å²) in [5, 5.41) is 4.39. The highest BCUT2D eigenvalue weighted by atomic mass is 127. The van der Waals surface area contributed by atoms with E-state index in [-0.39, 0.29) is 6.04 Å². The summed E-state index contributed by atoms with van der Waals surface area (Å²) < 4.78 is 23.4. The summed E-state index contributed by atoms with van der Waals surface area (Å²) in [5.41, 5.74) is 1.94. The Morgan fingerprint density at radius 2 is 1.62 bits per heavy atom. The minimum absolute atomic E-state index is 0.103. The van der Waals surface area contributed by atoms with E-state index in [9.17, 15) is 4.21 Å². The van der Waals surface area contributed by atoms with Crippen molar-refractivity contribution in [3.63, 3.8) is 0 Å². The number of hydrogen-bond donors (Lipinski definition) is 1. The molecular formula is C24H22INO2S. The molecule has 4 aromatic rings. The molecule has 3 nitrogen and oxygen atoms in total. The summed E-state index contributed by atoms with van der Waals surface area (Å²) in [6.07, 6.45) is 0. The lowest BCUT2D eigenvalue weighted by atomic mass is 9.93. The molecule has 0 saturated carbocycles. The van der Waals surface area contributed by atoms with Gasteiger partial charge in [0.2, 0.25) is 0 Å². The summed E-state index contributed by atoms with van der Waals surface area (Å²) >= 11 is 2.33. The Hall–Kier alpha value is -1.96. The van der Waals surface area contributed by atoms with Crippen LogP contribution in [0.25, 0.3) is 32.7 Å². The number of methoxy groups -OCH3 is 1. The second-order valence-electron chi connectivity index (χ2n) is 7.21. The van der Waals surface area contributed by atoms with Crippen molar-refractivity contribution in [2.45, 2.75) is 24.8 Å². The van der Waals surface area contributed by atoms with Gasteiger partial charge in [-0.05, 0) is 82.2 Å². The Kier molecular flexibility index (Phi) is 5.90. The maximum atomic E-state index is 13.2. The highest BCUT2D eigenvalue weighted by molar-refractivity contribution is 14.1. The summed E-state index contributed by atoms with van der Waals surface area (Å²) in [6, 6.07) is 22.8. The molecule has 0 saturated heterocycles. The topological polar surface area (TPSA) is 38.3 Å². The van der Waals surface area contributed by atoms with Crippen LogP contribution >= 0.6 is 22.6 Å². The van der Waals surface area contributed by atoms with Gasteiger partial charge < -0.3 is 4.74 Å². The third-order valence-corrected chi connectivity index (χ3v) is 6.94. The zero-order valence-corrected chi connectivity index (χ0v) is 19.5. The average molecular weight is 515 g/mol. The maximum Gasteiger partial charge on any atom is 0.127 e. The fourth-order valence-electron chi connectivity index (χ4n) is 3.65. The molecule has 4 rings (SSSR count). The normalized spacial score (nSPS) is 12.6. The van der Waals surface area contributed by atoms with Crippen molar-refractivity contribution in [3.8, 4) is 16.9 Å². The minimum Gasteiger partial charge on any atom is -0.496 e. The van der Waals surface area contributed by atoms with Crippen LogP contribution in [0, 0.1) is 3.57 Å². The van der Waals surface area contributed by atoms with Gasteiger partial charge in [-0.3, -0.25) is 0 Å². The van der Waals surface area contributed by atoms with Gasteiger partial charge in [-0.2, -0.15) is 0 Å². The Morgan fingerprint density at radius 1 is 0.897 bits per heavy atom. The maximum absolute atomic E-state index is 13.2. The number of nitrogens with one attached hydrogen (secondary N) is 1. The van der Waals surface area contributed by atoms with Crippen LogP contribution in [0.2, 0.25) is 0 Å². The number of rotatable bonds is 5. The SMILES string of the molecule is COc1ccc2cc(I)ccc2c1-c1c(S(=O)NC(C)C)ccc2ccccc12. The molecule has 1 atom stereocenters. The molecule has 1 unspecified atom stereocenters. The molecule has 0 aliphatic carbocycles. The fourth-order valence-corrected chi connectivity index (χ4v) is 5.31. The molecular weight excluding hydrogens is 493 g/mol. The summed E-state index contributed by atoms with van der Waals surface area (Å²) in [6.45, 7) is 4.00. The van der Waals surface area contributed by atoms with Crippen LogP contribution in [0.15, 0.2) is 71.6 Å². The molecule has 5 heteroatoms. The monoisotopic (exact) mass is 515 g/mol. The molecule has 0 aliphatic heterocycles. The summed E-state index contributed by atoms with van der Waals surface area (Å²) in [7, 11) is 0.340. The van der Waals surface area contributed by atoms with Crippen LogP contribution in [-0.2, 0) is 11.0 Å². The van der Waals surface area contributed by atoms with Crippen molar-refractivity contribution in [3.05, 3.63) is 70.3 Å². The van der Waals surface area contributed by atoms with Gasteiger partial charge in [-0.25, -0.2) is 8.93 Å². The molecule has 0 aliphatic rings. The van der Waals surface area contributed by atoms with E-state index in [1.807, 2.05) is 44.2 Å². The zero-order chi connectivity index (χ0) is 20.5. The van der Waals surface area contributed by atoms with Gasteiger partial charge in [0.1, 0.15) is 16.7 Å². The molecule has 148 valence electrons. The van der Waals surface area contributed by atoms with Gasteiger partial charge in [0, 0.05) is 20.7 Å². The van der Waals surface area contributed by atoms with E-state index >= 15 is 0 Å². The van der Waals surface area contributed by atoms with Crippen LogP contribution in [0.3, 0.4) is 0 Å². The van der Waals surface area contributed by atoms with Crippen molar-refractivity contribution < 1.29 is 8.95 Å². The lowest BCUT2D eigenvalue weighted by molar-refractivity contribution is 0.417. The van der Waals surface area contributed by atoms with E-state index in [1.54, 1.807) is 7.11 Å². The van der Waals surface area contributed by atoms with Crippen LogP contribution in [0.5, 0.6) is 5.75 Å². The van der Waals surface area contributed by atoms with Crippen LogP contribution in [0.4, 0.5) is 0 Å². The van der Waals surface area contributed by atoms with Crippen LogP contribution < -0.4 is 9.46 Å². The van der Waals surface area contributed by atoms with Crippen molar-refractivity contribution >= 4 is 55.1 Å². The van der Waals surface area contributed by atoms with Gasteiger partial charge in [0.15, 0.2) is 0 Å². The minimum atomic E-state index is -1.35. The van der Waals surface area contributed by atoms with Crippen molar-refractivity contribution in [2.75, 3.05) is 7.11 Å². The third kappa shape index (κ3) is 3.91. The fraction of sp³-hybridized carbons (Fsp3) is 0.167. The highest BCUT2D eigenvalue weighted by Gasteiger charge is 2.21. The number of halogens is 1. The Morgan fingerprint density at radius 3 is 2.38 bits per heavy atom. The molecule has 29 heavy (non-hydrogen) atoms. The van der Waals surface area contributed by atoms with Gasteiger partial charge in [-0.1, -0.05) is 42.5 Å². The molecule has 1 N–H and O–H groups in total. The first kappa shape index (κ1) is 20.3.